The molecule has 0 bridgehead atoms. The number of para-hydroxylation sites is 1. The zero-order chi connectivity index (χ0) is 18.9. The molecule has 0 aromatic heterocycles. The fourth-order valence-electron chi connectivity index (χ4n) is 4.76. The van der Waals surface area contributed by atoms with Gasteiger partial charge in [0.25, 0.3) is 0 Å². The van der Waals surface area contributed by atoms with E-state index in [0.717, 1.165) is 49.0 Å². The largest absolute Gasteiger partial charge is 0.291 e. The van der Waals surface area contributed by atoms with E-state index in [0.29, 0.717) is 6.04 Å². The molecule has 5 heteroatoms. The van der Waals surface area contributed by atoms with Crippen LogP contribution in [0.2, 0.25) is 0 Å². The molecule has 0 N–H and O–H groups in total. The third-order valence-corrected chi connectivity index (χ3v) is 7.17. The molecule has 0 radical (unpaired) electrons. The number of carbonyl (C=O) groups is 1. The van der Waals surface area contributed by atoms with Crippen LogP contribution in [-0.2, 0) is 4.79 Å². The first-order valence-electron chi connectivity index (χ1n) is 10.4. The number of aliphatic imine (C=N–C) groups is 1. The lowest BCUT2D eigenvalue weighted by Gasteiger charge is -2.37. The molecule has 1 aromatic carbocycles. The zero-order valence-corrected chi connectivity index (χ0v) is 17.4. The van der Waals surface area contributed by atoms with Crippen molar-refractivity contribution in [2.75, 3.05) is 29.5 Å². The summed E-state index contributed by atoms with van der Waals surface area (Å²) in [7, 11) is 0. The van der Waals surface area contributed by atoms with Gasteiger partial charge in [0.1, 0.15) is 5.84 Å². The SMILES string of the molecule is CC1(C)C(=O)N(c2ccccc2)C(=NC2CCCCC2)C1N1CCSCC1. The number of rotatable bonds is 3. The van der Waals surface area contributed by atoms with Crippen LogP contribution >= 0.6 is 11.8 Å². The predicted molar refractivity (Wildman–Crippen MR) is 115 cm³/mol. The minimum atomic E-state index is -0.453. The van der Waals surface area contributed by atoms with Gasteiger partial charge in [-0.05, 0) is 38.8 Å². The maximum atomic E-state index is 13.5. The lowest BCUT2D eigenvalue weighted by atomic mass is 9.85. The molecular formula is C22H31N3OS. The van der Waals surface area contributed by atoms with E-state index in [9.17, 15) is 4.79 Å². The molecule has 1 aliphatic carbocycles. The number of thioether (sulfide) groups is 1. The van der Waals surface area contributed by atoms with Gasteiger partial charge in [0.15, 0.2) is 0 Å². The van der Waals surface area contributed by atoms with Crippen molar-refractivity contribution in [3.63, 3.8) is 0 Å². The van der Waals surface area contributed by atoms with Crippen LogP contribution in [0.1, 0.15) is 46.0 Å². The van der Waals surface area contributed by atoms with Crippen LogP contribution in [0.3, 0.4) is 0 Å². The Morgan fingerprint density at radius 2 is 1.70 bits per heavy atom. The third kappa shape index (κ3) is 3.68. The molecule has 3 aliphatic rings. The van der Waals surface area contributed by atoms with Crippen LogP contribution in [0.4, 0.5) is 5.69 Å². The second-order valence-corrected chi connectivity index (χ2v) is 9.75. The highest BCUT2D eigenvalue weighted by atomic mass is 32.2. The summed E-state index contributed by atoms with van der Waals surface area (Å²) < 4.78 is 0. The summed E-state index contributed by atoms with van der Waals surface area (Å²) in [5, 5.41) is 0. The number of carbonyl (C=O) groups excluding carboxylic acids is 1. The Balaban J connectivity index is 1.76. The molecule has 3 fully saturated rings. The maximum Gasteiger partial charge on any atom is 0.240 e. The molecule has 1 atom stereocenters. The average Bonchev–Trinajstić information content (AvgIpc) is 2.89. The van der Waals surface area contributed by atoms with E-state index >= 15 is 0 Å². The molecule has 0 spiro atoms. The van der Waals surface area contributed by atoms with Gasteiger partial charge in [-0.1, -0.05) is 37.5 Å². The maximum absolute atomic E-state index is 13.5. The second kappa shape index (κ2) is 7.96. The molecule has 4 nitrogen and oxygen atoms in total. The topological polar surface area (TPSA) is 35.9 Å². The van der Waals surface area contributed by atoms with E-state index in [1.54, 1.807) is 0 Å². The van der Waals surface area contributed by atoms with Crippen LogP contribution < -0.4 is 4.90 Å². The molecule has 1 amide bonds. The molecule has 1 saturated carbocycles. The molecule has 2 heterocycles. The molecule has 1 aromatic rings. The Morgan fingerprint density at radius 1 is 1.04 bits per heavy atom. The number of amides is 1. The molecule has 4 rings (SSSR count). The predicted octanol–water partition coefficient (Wildman–Crippen LogP) is 4.21. The standard InChI is InChI=1S/C22H31N3OS/c1-22(2)19(24-13-15-27-16-14-24)20(23-17-9-5-3-6-10-17)25(21(22)26)18-11-7-4-8-12-18/h4,7-8,11-12,17,19H,3,5-6,9-10,13-16H2,1-2H3. The minimum absolute atomic E-state index is 0.0769. The molecule has 146 valence electrons. The van der Waals surface area contributed by atoms with Gasteiger partial charge in [-0.3, -0.25) is 19.6 Å². The van der Waals surface area contributed by atoms with Crippen molar-refractivity contribution in [3.05, 3.63) is 30.3 Å². The van der Waals surface area contributed by atoms with Crippen molar-refractivity contribution in [1.29, 1.82) is 0 Å². The molecule has 27 heavy (non-hydrogen) atoms. The van der Waals surface area contributed by atoms with E-state index in [4.69, 9.17) is 4.99 Å². The number of benzene rings is 1. The van der Waals surface area contributed by atoms with Crippen LogP contribution in [0.5, 0.6) is 0 Å². The second-order valence-electron chi connectivity index (χ2n) is 8.53. The van der Waals surface area contributed by atoms with Crippen LogP contribution in [0, 0.1) is 5.41 Å². The monoisotopic (exact) mass is 385 g/mol. The highest BCUT2D eigenvalue weighted by Gasteiger charge is 2.55. The quantitative estimate of drug-likeness (QED) is 0.782. The van der Waals surface area contributed by atoms with Crippen LogP contribution in [-0.4, -0.2) is 53.3 Å². The van der Waals surface area contributed by atoms with Gasteiger partial charge >= 0.3 is 0 Å². The Bertz CT molecular complexity index is 691. The number of hydrogen-bond donors (Lipinski definition) is 0. The molecule has 2 aliphatic heterocycles. The Morgan fingerprint density at radius 3 is 2.37 bits per heavy atom. The van der Waals surface area contributed by atoms with Gasteiger partial charge < -0.3 is 0 Å². The summed E-state index contributed by atoms with van der Waals surface area (Å²) in [5.41, 5.74) is 0.504. The van der Waals surface area contributed by atoms with Crippen molar-refractivity contribution in [1.82, 2.24) is 4.90 Å². The summed E-state index contributed by atoms with van der Waals surface area (Å²) in [6, 6.07) is 10.6. The van der Waals surface area contributed by atoms with Gasteiger partial charge in [0.2, 0.25) is 5.91 Å². The van der Waals surface area contributed by atoms with E-state index < -0.39 is 5.41 Å². The fourth-order valence-corrected chi connectivity index (χ4v) is 5.69. The van der Waals surface area contributed by atoms with Crippen molar-refractivity contribution >= 4 is 29.2 Å². The fraction of sp³-hybridized carbons (Fsp3) is 0.636. The molecular weight excluding hydrogens is 354 g/mol. The number of anilines is 1. The van der Waals surface area contributed by atoms with Gasteiger partial charge in [-0.15, -0.1) is 0 Å². The average molecular weight is 386 g/mol. The first kappa shape index (κ1) is 19.0. The normalized spacial score (nSPS) is 28.8. The van der Waals surface area contributed by atoms with E-state index in [2.05, 4.69) is 18.7 Å². The Hall–Kier alpha value is -1.33. The van der Waals surface area contributed by atoms with E-state index in [1.165, 1.54) is 19.3 Å². The Labute approximate surface area is 167 Å². The Kier molecular flexibility index (Phi) is 5.60. The van der Waals surface area contributed by atoms with E-state index in [1.807, 2.05) is 47.0 Å². The first-order valence-corrected chi connectivity index (χ1v) is 11.5. The summed E-state index contributed by atoms with van der Waals surface area (Å²) in [6.45, 7) is 6.30. The summed E-state index contributed by atoms with van der Waals surface area (Å²) in [4.78, 5) is 23.3. The highest BCUT2D eigenvalue weighted by Crippen LogP contribution is 2.40. The smallest absolute Gasteiger partial charge is 0.240 e. The minimum Gasteiger partial charge on any atom is -0.291 e. The summed E-state index contributed by atoms with van der Waals surface area (Å²) in [6.07, 6.45) is 6.15. The van der Waals surface area contributed by atoms with Gasteiger partial charge in [0, 0.05) is 24.6 Å². The summed E-state index contributed by atoms with van der Waals surface area (Å²) in [5.74, 6) is 3.47. The number of hydrogen-bond acceptors (Lipinski definition) is 4. The lowest BCUT2D eigenvalue weighted by Crippen LogP contribution is -2.51. The number of nitrogens with zero attached hydrogens (tertiary/aromatic N) is 3. The zero-order valence-electron chi connectivity index (χ0n) is 16.6. The van der Waals surface area contributed by atoms with Crippen molar-refractivity contribution in [2.24, 2.45) is 10.4 Å². The van der Waals surface area contributed by atoms with Crippen LogP contribution in [0.15, 0.2) is 35.3 Å². The van der Waals surface area contributed by atoms with Gasteiger partial charge in [0.05, 0.1) is 23.2 Å². The van der Waals surface area contributed by atoms with Crippen molar-refractivity contribution in [2.45, 2.75) is 58.0 Å². The van der Waals surface area contributed by atoms with Crippen molar-refractivity contribution < 1.29 is 4.79 Å². The van der Waals surface area contributed by atoms with Crippen LogP contribution in [0.25, 0.3) is 0 Å². The third-order valence-electron chi connectivity index (χ3n) is 6.23. The number of amidine groups is 1. The first-order chi connectivity index (χ1) is 13.1. The van der Waals surface area contributed by atoms with Crippen molar-refractivity contribution in [3.8, 4) is 0 Å². The van der Waals surface area contributed by atoms with Gasteiger partial charge in [-0.25, -0.2) is 0 Å². The van der Waals surface area contributed by atoms with E-state index in [-0.39, 0.29) is 11.9 Å². The molecule has 2 saturated heterocycles. The molecule has 1 unspecified atom stereocenters. The lowest BCUT2D eigenvalue weighted by molar-refractivity contribution is -0.125. The highest BCUT2D eigenvalue weighted by molar-refractivity contribution is 7.99. The summed E-state index contributed by atoms with van der Waals surface area (Å²) >= 11 is 2.01. The van der Waals surface area contributed by atoms with Gasteiger partial charge in [-0.2, -0.15) is 11.8 Å².